The first-order chi connectivity index (χ1) is 15.9. The molecule has 6 heteroatoms. The highest BCUT2D eigenvalue weighted by Gasteiger charge is 2.37. The second-order valence-electron chi connectivity index (χ2n) is 8.89. The first-order valence-corrected chi connectivity index (χ1v) is 11.4. The van der Waals surface area contributed by atoms with Crippen LogP contribution in [0, 0.1) is 5.92 Å². The van der Waals surface area contributed by atoms with Crippen molar-refractivity contribution < 1.29 is 22.6 Å². The van der Waals surface area contributed by atoms with Crippen LogP contribution in [0.25, 0.3) is 5.57 Å². The molecule has 2 aliphatic rings. The Morgan fingerprint density at radius 2 is 1.70 bits per heavy atom. The highest BCUT2D eigenvalue weighted by molar-refractivity contribution is 5.71. The normalized spacial score (nSPS) is 20.7. The number of rotatable bonds is 7. The lowest BCUT2D eigenvalue weighted by atomic mass is 9.74. The molecule has 0 saturated carbocycles. The Bertz CT molecular complexity index is 975. The lowest BCUT2D eigenvalue weighted by Crippen LogP contribution is -2.43. The maximum Gasteiger partial charge on any atom is 0.416 e. The van der Waals surface area contributed by atoms with E-state index in [1.807, 2.05) is 18.2 Å². The molecule has 0 radical (unpaired) electrons. The number of nitrogens with one attached hydrogen (secondary N) is 1. The molecule has 1 heterocycles. The molecule has 33 heavy (non-hydrogen) atoms. The van der Waals surface area contributed by atoms with E-state index in [4.69, 9.17) is 9.47 Å². The van der Waals surface area contributed by atoms with Gasteiger partial charge in [-0.3, -0.25) is 0 Å². The van der Waals surface area contributed by atoms with Crippen LogP contribution in [0.5, 0.6) is 5.75 Å². The molecule has 2 aromatic rings. The monoisotopic (exact) mass is 457 g/mol. The van der Waals surface area contributed by atoms with E-state index in [1.165, 1.54) is 17.7 Å². The standard InChI is InChI=1S/C27H30F3NO2/c1-32-25-9-7-21(8-10-25)22-15-20(16-24(17-22)27(28,29)30)18-33-19-26(11-13-31-14-12-26)23-5-3-2-4-6-23/h2-10,16-17,20,31H,11-15,18-19H2,1H3. The topological polar surface area (TPSA) is 30.5 Å². The average Bonchev–Trinajstić information content (AvgIpc) is 2.84. The quantitative estimate of drug-likeness (QED) is 0.559. The highest BCUT2D eigenvalue weighted by atomic mass is 19.4. The molecule has 1 N–H and O–H groups in total. The zero-order valence-corrected chi connectivity index (χ0v) is 18.8. The molecule has 0 spiro atoms. The average molecular weight is 458 g/mol. The maximum atomic E-state index is 13.6. The minimum absolute atomic E-state index is 0.105. The SMILES string of the molecule is COc1ccc(C2=CC(C(F)(F)F)=CC(COCC3(c4ccccc4)CCNCC3)C2)cc1. The minimum Gasteiger partial charge on any atom is -0.497 e. The van der Waals surface area contributed by atoms with Crippen molar-refractivity contribution in [3.63, 3.8) is 0 Å². The van der Waals surface area contributed by atoms with Gasteiger partial charge in [0.1, 0.15) is 5.75 Å². The van der Waals surface area contributed by atoms with Crippen molar-refractivity contribution in [1.29, 1.82) is 0 Å². The molecule has 3 nitrogen and oxygen atoms in total. The van der Waals surface area contributed by atoms with Crippen LogP contribution in [-0.2, 0) is 10.2 Å². The Morgan fingerprint density at radius 1 is 1.00 bits per heavy atom. The van der Waals surface area contributed by atoms with E-state index in [-0.39, 0.29) is 17.9 Å². The summed E-state index contributed by atoms with van der Waals surface area (Å²) < 4.78 is 52.3. The van der Waals surface area contributed by atoms with Crippen molar-refractivity contribution in [2.45, 2.75) is 30.9 Å². The molecule has 2 aromatic carbocycles. The van der Waals surface area contributed by atoms with Gasteiger partial charge >= 0.3 is 6.18 Å². The summed E-state index contributed by atoms with van der Waals surface area (Å²) in [6, 6.07) is 17.5. The van der Waals surface area contributed by atoms with Crippen LogP contribution in [0.1, 0.15) is 30.4 Å². The Balaban J connectivity index is 1.48. The van der Waals surface area contributed by atoms with E-state index in [9.17, 15) is 13.2 Å². The van der Waals surface area contributed by atoms with Crippen molar-refractivity contribution >= 4 is 5.57 Å². The molecule has 1 fully saturated rings. The highest BCUT2D eigenvalue weighted by Crippen LogP contribution is 2.39. The molecule has 1 aliphatic heterocycles. The van der Waals surface area contributed by atoms with E-state index < -0.39 is 11.7 Å². The summed E-state index contributed by atoms with van der Waals surface area (Å²) >= 11 is 0. The van der Waals surface area contributed by atoms with Gasteiger partial charge in [0.15, 0.2) is 0 Å². The third-order valence-corrected chi connectivity index (χ3v) is 6.67. The van der Waals surface area contributed by atoms with Crippen LogP contribution in [0.4, 0.5) is 13.2 Å². The fraction of sp³-hybridized carbons (Fsp3) is 0.407. The van der Waals surface area contributed by atoms with Crippen molar-refractivity contribution in [2.75, 3.05) is 33.4 Å². The maximum absolute atomic E-state index is 13.6. The van der Waals surface area contributed by atoms with E-state index in [0.29, 0.717) is 24.4 Å². The smallest absolute Gasteiger partial charge is 0.416 e. The second kappa shape index (κ2) is 10.1. The summed E-state index contributed by atoms with van der Waals surface area (Å²) in [6.45, 7) is 2.58. The molecule has 1 aliphatic carbocycles. The van der Waals surface area contributed by atoms with E-state index in [0.717, 1.165) is 31.5 Å². The first-order valence-electron chi connectivity index (χ1n) is 11.4. The van der Waals surface area contributed by atoms with E-state index >= 15 is 0 Å². The third-order valence-electron chi connectivity index (χ3n) is 6.67. The van der Waals surface area contributed by atoms with Crippen molar-refractivity contribution in [1.82, 2.24) is 5.32 Å². The van der Waals surface area contributed by atoms with Gasteiger partial charge in [-0.25, -0.2) is 0 Å². The largest absolute Gasteiger partial charge is 0.497 e. The van der Waals surface area contributed by atoms with Crippen LogP contribution in [0.3, 0.4) is 0 Å². The Hall–Kier alpha value is -2.57. The van der Waals surface area contributed by atoms with Crippen molar-refractivity contribution in [3.8, 4) is 5.75 Å². The number of benzene rings is 2. The molecule has 0 amide bonds. The number of hydrogen-bond acceptors (Lipinski definition) is 3. The van der Waals surface area contributed by atoms with Gasteiger partial charge in [-0.2, -0.15) is 13.2 Å². The number of alkyl halides is 3. The zero-order chi connectivity index (χ0) is 23.3. The Kier molecular flexibility index (Phi) is 7.25. The minimum atomic E-state index is -4.39. The number of halogens is 3. The number of allylic oxidation sites excluding steroid dienone is 3. The lowest BCUT2D eigenvalue weighted by Gasteiger charge is -2.38. The van der Waals surface area contributed by atoms with Crippen LogP contribution >= 0.6 is 0 Å². The summed E-state index contributed by atoms with van der Waals surface area (Å²) in [7, 11) is 1.57. The zero-order valence-electron chi connectivity index (χ0n) is 18.8. The van der Waals surface area contributed by atoms with Crippen LogP contribution < -0.4 is 10.1 Å². The number of piperidine rings is 1. The molecule has 1 saturated heterocycles. The van der Waals surface area contributed by atoms with Gasteiger partial charge in [-0.05, 0) is 67.3 Å². The third kappa shape index (κ3) is 5.68. The Labute approximate surface area is 193 Å². The predicted molar refractivity (Wildman–Crippen MR) is 124 cm³/mol. The number of methoxy groups -OCH3 is 1. The van der Waals surface area contributed by atoms with Crippen LogP contribution in [0.2, 0.25) is 0 Å². The molecule has 1 atom stereocenters. The van der Waals surface area contributed by atoms with Gasteiger partial charge in [0.25, 0.3) is 0 Å². The molecule has 1 unspecified atom stereocenters. The number of hydrogen-bond donors (Lipinski definition) is 1. The summed E-state index contributed by atoms with van der Waals surface area (Å²) in [4.78, 5) is 0. The molecule has 0 bridgehead atoms. The number of ether oxygens (including phenoxy) is 2. The Morgan fingerprint density at radius 3 is 2.33 bits per heavy atom. The summed E-state index contributed by atoms with van der Waals surface area (Å²) in [5.41, 5.74) is 1.97. The molecule has 176 valence electrons. The van der Waals surface area contributed by atoms with Gasteiger partial charge < -0.3 is 14.8 Å². The predicted octanol–water partition coefficient (Wildman–Crippen LogP) is 5.93. The van der Waals surface area contributed by atoms with Crippen LogP contribution in [-0.4, -0.2) is 39.6 Å². The molecule has 4 rings (SSSR count). The van der Waals surface area contributed by atoms with E-state index in [1.54, 1.807) is 31.4 Å². The fourth-order valence-electron chi connectivity index (χ4n) is 4.80. The molecular formula is C27H30F3NO2. The second-order valence-corrected chi connectivity index (χ2v) is 8.89. The van der Waals surface area contributed by atoms with Gasteiger partial charge in [-0.1, -0.05) is 48.5 Å². The molecule has 0 aromatic heterocycles. The van der Waals surface area contributed by atoms with Gasteiger partial charge in [0.2, 0.25) is 0 Å². The van der Waals surface area contributed by atoms with E-state index in [2.05, 4.69) is 17.4 Å². The van der Waals surface area contributed by atoms with Gasteiger partial charge in [0.05, 0.1) is 25.9 Å². The van der Waals surface area contributed by atoms with Gasteiger partial charge in [-0.15, -0.1) is 0 Å². The summed E-state index contributed by atoms with van der Waals surface area (Å²) in [6.07, 6.45) is 0.592. The first kappa shape index (κ1) is 23.6. The van der Waals surface area contributed by atoms with Crippen molar-refractivity contribution in [2.24, 2.45) is 5.92 Å². The van der Waals surface area contributed by atoms with Crippen LogP contribution in [0.15, 0.2) is 72.3 Å². The molecular weight excluding hydrogens is 427 g/mol. The van der Waals surface area contributed by atoms with Gasteiger partial charge in [0, 0.05) is 11.3 Å². The fourth-order valence-corrected chi connectivity index (χ4v) is 4.80. The summed E-state index contributed by atoms with van der Waals surface area (Å²) in [5, 5.41) is 3.40. The lowest BCUT2D eigenvalue weighted by molar-refractivity contribution is -0.0890. The van der Waals surface area contributed by atoms with Crippen molar-refractivity contribution in [3.05, 3.63) is 83.4 Å². The summed E-state index contributed by atoms with van der Waals surface area (Å²) in [5.74, 6) is 0.341.